The van der Waals surface area contributed by atoms with E-state index in [1.54, 1.807) is 0 Å². The first kappa shape index (κ1) is 15.2. The van der Waals surface area contributed by atoms with Gasteiger partial charge in [-0.15, -0.1) is 0 Å². The average molecular weight is 294 g/mol. The van der Waals surface area contributed by atoms with Crippen LogP contribution in [0.5, 0.6) is 0 Å². The second-order valence-corrected chi connectivity index (χ2v) is 5.29. The summed E-state index contributed by atoms with van der Waals surface area (Å²) in [5.74, 6) is -1.20. The van der Waals surface area contributed by atoms with E-state index in [9.17, 15) is 20.0 Å². The maximum Gasteiger partial charge on any atom is 0.342 e. The summed E-state index contributed by atoms with van der Waals surface area (Å²) in [5.41, 5.74) is -0.274. The summed E-state index contributed by atoms with van der Waals surface area (Å²) < 4.78 is 0. The monoisotopic (exact) mass is 294 g/mol. The molecule has 1 aliphatic carbocycles. The highest BCUT2D eigenvalue weighted by molar-refractivity contribution is 5.93. The van der Waals surface area contributed by atoms with Crippen LogP contribution in [0.25, 0.3) is 0 Å². The number of carboxylic acids is 1. The van der Waals surface area contributed by atoms with E-state index in [-0.39, 0.29) is 17.6 Å². The summed E-state index contributed by atoms with van der Waals surface area (Å²) in [6, 6.07) is 3.95. The smallest absolute Gasteiger partial charge is 0.342 e. The Morgan fingerprint density at radius 2 is 2.10 bits per heavy atom. The molecule has 1 aliphatic rings. The topological polar surface area (TPSA) is 113 Å². The number of benzene rings is 1. The molecular formula is C14H18N2O5. The zero-order chi connectivity index (χ0) is 15.4. The molecule has 1 saturated carbocycles. The van der Waals surface area contributed by atoms with Crippen molar-refractivity contribution in [3.8, 4) is 0 Å². The number of nitrogens with zero attached hydrogens (tertiary/aromatic N) is 1. The number of carbonyl (C=O) groups is 1. The van der Waals surface area contributed by atoms with Crippen LogP contribution >= 0.6 is 0 Å². The lowest BCUT2D eigenvalue weighted by molar-refractivity contribution is -0.385. The Bertz CT molecular complexity index is 546. The van der Waals surface area contributed by atoms with Gasteiger partial charge in [-0.05, 0) is 25.0 Å². The normalized spacial score (nSPS) is 21.8. The predicted octanol–water partition coefficient (Wildman–Crippen LogP) is 2.26. The first-order valence-corrected chi connectivity index (χ1v) is 6.92. The SMILES string of the molecule is O=C(O)c1ccc(NCC2CCCCC2O)cc1[N+](=O)[O-]. The standard InChI is InChI=1S/C14H18N2O5/c17-13-4-2-1-3-9(13)8-15-10-5-6-11(14(18)19)12(7-10)16(20)21/h5-7,9,13,15,17H,1-4,8H2,(H,18,19). The summed E-state index contributed by atoms with van der Waals surface area (Å²) in [6.45, 7) is 0.519. The number of nitrogens with one attached hydrogen (secondary N) is 1. The summed E-state index contributed by atoms with van der Waals surface area (Å²) in [7, 11) is 0. The third-order valence-corrected chi connectivity index (χ3v) is 3.86. The molecule has 0 aromatic heterocycles. The molecule has 1 aromatic carbocycles. The fourth-order valence-electron chi connectivity index (χ4n) is 2.65. The zero-order valence-corrected chi connectivity index (χ0v) is 11.5. The van der Waals surface area contributed by atoms with E-state index in [1.807, 2.05) is 0 Å². The van der Waals surface area contributed by atoms with Crippen LogP contribution in [-0.2, 0) is 0 Å². The number of aromatic carboxylic acids is 1. The summed E-state index contributed by atoms with van der Waals surface area (Å²) in [6.07, 6.45) is 3.45. The van der Waals surface area contributed by atoms with Gasteiger partial charge in [0, 0.05) is 24.2 Å². The Morgan fingerprint density at radius 1 is 1.38 bits per heavy atom. The van der Waals surface area contributed by atoms with Crippen LogP contribution in [0, 0.1) is 16.0 Å². The highest BCUT2D eigenvalue weighted by Crippen LogP contribution is 2.27. The Balaban J connectivity index is 2.08. The van der Waals surface area contributed by atoms with Crippen molar-refractivity contribution < 1.29 is 19.9 Å². The van der Waals surface area contributed by atoms with Crippen LogP contribution in [0.3, 0.4) is 0 Å². The van der Waals surface area contributed by atoms with E-state index in [0.717, 1.165) is 25.7 Å². The number of nitro groups is 1. The Hall–Kier alpha value is -2.15. The Morgan fingerprint density at radius 3 is 2.71 bits per heavy atom. The van der Waals surface area contributed by atoms with Crippen molar-refractivity contribution in [1.82, 2.24) is 0 Å². The molecular weight excluding hydrogens is 276 g/mol. The molecule has 21 heavy (non-hydrogen) atoms. The number of aliphatic hydroxyl groups is 1. The number of nitro benzene ring substituents is 1. The van der Waals surface area contributed by atoms with Gasteiger partial charge in [-0.3, -0.25) is 10.1 Å². The van der Waals surface area contributed by atoms with Crippen LogP contribution in [0.2, 0.25) is 0 Å². The fraction of sp³-hybridized carbons (Fsp3) is 0.500. The molecule has 0 bridgehead atoms. The van der Waals surface area contributed by atoms with Gasteiger partial charge < -0.3 is 15.5 Å². The molecule has 7 heteroatoms. The molecule has 1 aromatic rings. The van der Waals surface area contributed by atoms with E-state index < -0.39 is 16.6 Å². The van der Waals surface area contributed by atoms with Gasteiger partial charge in [0.15, 0.2) is 0 Å². The molecule has 0 amide bonds. The van der Waals surface area contributed by atoms with Crippen LogP contribution in [-0.4, -0.2) is 33.8 Å². The molecule has 1 fully saturated rings. The van der Waals surface area contributed by atoms with E-state index in [1.165, 1.54) is 18.2 Å². The number of anilines is 1. The highest BCUT2D eigenvalue weighted by atomic mass is 16.6. The molecule has 114 valence electrons. The van der Waals surface area contributed by atoms with Crippen LogP contribution in [0.1, 0.15) is 36.0 Å². The first-order valence-electron chi connectivity index (χ1n) is 6.92. The minimum Gasteiger partial charge on any atom is -0.477 e. The van der Waals surface area contributed by atoms with E-state index in [0.29, 0.717) is 12.2 Å². The maximum absolute atomic E-state index is 10.9. The lowest BCUT2D eigenvalue weighted by Gasteiger charge is -2.27. The van der Waals surface area contributed by atoms with Gasteiger partial charge in [0.25, 0.3) is 5.69 Å². The van der Waals surface area contributed by atoms with Crippen molar-refractivity contribution in [2.75, 3.05) is 11.9 Å². The van der Waals surface area contributed by atoms with Gasteiger partial charge in [-0.25, -0.2) is 4.79 Å². The highest BCUT2D eigenvalue weighted by Gasteiger charge is 2.24. The van der Waals surface area contributed by atoms with Crippen molar-refractivity contribution in [1.29, 1.82) is 0 Å². The average Bonchev–Trinajstić information content (AvgIpc) is 2.46. The summed E-state index contributed by atoms with van der Waals surface area (Å²) in [5, 5.41) is 32.8. The predicted molar refractivity (Wildman–Crippen MR) is 76.5 cm³/mol. The van der Waals surface area contributed by atoms with Gasteiger partial charge >= 0.3 is 5.97 Å². The zero-order valence-electron chi connectivity index (χ0n) is 11.5. The molecule has 0 aliphatic heterocycles. The number of aliphatic hydroxyl groups excluding tert-OH is 1. The molecule has 0 saturated heterocycles. The maximum atomic E-state index is 10.9. The van der Waals surface area contributed by atoms with E-state index >= 15 is 0 Å². The lowest BCUT2D eigenvalue weighted by atomic mass is 9.86. The van der Waals surface area contributed by atoms with Crippen molar-refractivity contribution in [2.45, 2.75) is 31.8 Å². The second kappa shape index (κ2) is 6.53. The molecule has 0 spiro atoms. The second-order valence-electron chi connectivity index (χ2n) is 5.29. The molecule has 0 radical (unpaired) electrons. The molecule has 2 rings (SSSR count). The molecule has 0 heterocycles. The van der Waals surface area contributed by atoms with Crippen LogP contribution in [0.15, 0.2) is 18.2 Å². The van der Waals surface area contributed by atoms with Crippen molar-refractivity contribution in [3.63, 3.8) is 0 Å². The number of hydrogen-bond acceptors (Lipinski definition) is 5. The van der Waals surface area contributed by atoms with Crippen LogP contribution in [0.4, 0.5) is 11.4 Å². The number of carboxylic acid groups (broad SMARTS) is 1. The van der Waals surface area contributed by atoms with Gasteiger partial charge in [-0.1, -0.05) is 12.8 Å². The third-order valence-electron chi connectivity index (χ3n) is 3.86. The lowest BCUT2D eigenvalue weighted by Crippen LogP contribution is -2.30. The largest absolute Gasteiger partial charge is 0.477 e. The minimum atomic E-state index is -1.32. The quantitative estimate of drug-likeness (QED) is 0.567. The van der Waals surface area contributed by atoms with Gasteiger partial charge in [0.2, 0.25) is 0 Å². The van der Waals surface area contributed by atoms with Crippen molar-refractivity contribution >= 4 is 17.3 Å². The van der Waals surface area contributed by atoms with Gasteiger partial charge in [-0.2, -0.15) is 0 Å². The Labute approximate surface area is 121 Å². The van der Waals surface area contributed by atoms with Gasteiger partial charge in [0.1, 0.15) is 5.56 Å². The van der Waals surface area contributed by atoms with E-state index in [2.05, 4.69) is 5.32 Å². The number of rotatable bonds is 5. The van der Waals surface area contributed by atoms with E-state index in [4.69, 9.17) is 5.11 Å². The molecule has 3 N–H and O–H groups in total. The third kappa shape index (κ3) is 3.69. The number of hydrogen-bond donors (Lipinski definition) is 3. The Kier molecular flexibility index (Phi) is 4.74. The van der Waals surface area contributed by atoms with Crippen LogP contribution < -0.4 is 5.32 Å². The van der Waals surface area contributed by atoms with Crippen molar-refractivity contribution in [2.24, 2.45) is 5.92 Å². The van der Waals surface area contributed by atoms with Crippen molar-refractivity contribution in [3.05, 3.63) is 33.9 Å². The summed E-state index contributed by atoms with van der Waals surface area (Å²) >= 11 is 0. The molecule has 2 unspecified atom stereocenters. The first-order chi connectivity index (χ1) is 9.99. The molecule has 2 atom stereocenters. The fourth-order valence-corrected chi connectivity index (χ4v) is 2.65. The molecule has 7 nitrogen and oxygen atoms in total. The van der Waals surface area contributed by atoms with Gasteiger partial charge in [0.05, 0.1) is 11.0 Å². The minimum absolute atomic E-state index is 0.122. The summed E-state index contributed by atoms with van der Waals surface area (Å²) in [4.78, 5) is 21.1.